The van der Waals surface area contributed by atoms with E-state index in [9.17, 15) is 4.79 Å². The summed E-state index contributed by atoms with van der Waals surface area (Å²) < 4.78 is 13.4. The van der Waals surface area contributed by atoms with Crippen LogP contribution in [0.2, 0.25) is 0 Å². The Hall–Kier alpha value is -3.51. The van der Waals surface area contributed by atoms with Crippen LogP contribution in [0.25, 0.3) is 10.9 Å². The Morgan fingerprint density at radius 1 is 1.08 bits per heavy atom. The average molecular weight is 487 g/mol. The molecule has 1 unspecified atom stereocenters. The molecule has 0 spiro atoms. The number of amides is 1. The Morgan fingerprint density at radius 2 is 1.92 bits per heavy atom. The molecule has 36 heavy (non-hydrogen) atoms. The number of ether oxygens (including phenoxy) is 2. The van der Waals surface area contributed by atoms with Crippen LogP contribution in [0.3, 0.4) is 0 Å². The van der Waals surface area contributed by atoms with Crippen molar-refractivity contribution in [3.05, 3.63) is 83.6 Å². The molecule has 1 saturated heterocycles. The van der Waals surface area contributed by atoms with Crippen molar-refractivity contribution in [2.24, 2.45) is 0 Å². The molecule has 188 valence electrons. The van der Waals surface area contributed by atoms with E-state index >= 15 is 0 Å². The van der Waals surface area contributed by atoms with Crippen LogP contribution in [-0.2, 0) is 11.2 Å². The number of rotatable bonds is 8. The number of carbonyl (C=O) groups excluding carboxylic acids is 1. The van der Waals surface area contributed by atoms with Gasteiger partial charge < -0.3 is 19.4 Å². The maximum Gasteiger partial charge on any atom is 0.269 e. The summed E-state index contributed by atoms with van der Waals surface area (Å²) in [7, 11) is 1.71. The number of nitrogens with one attached hydrogen (secondary N) is 1. The van der Waals surface area contributed by atoms with E-state index in [1.54, 1.807) is 7.11 Å². The van der Waals surface area contributed by atoms with Crippen LogP contribution < -0.4 is 9.47 Å². The molecule has 0 bridgehead atoms. The molecule has 6 nitrogen and oxygen atoms in total. The molecule has 1 N–H and O–H groups in total. The summed E-state index contributed by atoms with van der Waals surface area (Å²) in [5.74, 6) is 1.75. The fraction of sp³-hybridized carbons (Fsp3) is 0.367. The molecule has 1 aromatic heterocycles. The van der Waals surface area contributed by atoms with Crippen molar-refractivity contribution in [2.75, 3.05) is 39.8 Å². The molecular weight excluding hydrogens is 450 g/mol. The summed E-state index contributed by atoms with van der Waals surface area (Å²) in [4.78, 5) is 16.8. The van der Waals surface area contributed by atoms with E-state index in [0.29, 0.717) is 0 Å². The summed E-state index contributed by atoms with van der Waals surface area (Å²) in [5.41, 5.74) is 4.32. The third kappa shape index (κ3) is 4.30. The quantitative estimate of drug-likeness (QED) is 0.357. The molecule has 1 aliphatic carbocycles. The number of aromatic nitrogens is 1. The summed E-state index contributed by atoms with van der Waals surface area (Å²) in [6.45, 7) is 8.44. The van der Waals surface area contributed by atoms with Gasteiger partial charge in [-0.25, -0.2) is 0 Å². The van der Waals surface area contributed by atoms with Crippen LogP contribution in [0.15, 0.2) is 78.0 Å². The van der Waals surface area contributed by atoms with E-state index in [1.165, 1.54) is 16.7 Å². The zero-order valence-electron chi connectivity index (χ0n) is 21.5. The standard InChI is InChI=1S/C30H36N3O3/c1-23-6-5-13-30(24(23)2,36-28-9-10-29-26(21-28)11-14-31-29)33(18-15-32(22-34)16-19-33)17-12-25-7-4-8-27(20-25)35-3/h4-11,14,20-22,31H,12-13,15-19H2,1-3H3/q+1. The SMILES string of the molecule is COc1cccc(CC[N+]2(C3(Oc4ccc5[nH]ccc5c4)CC=CC(C)=C3C)CCN(C=O)CC2)c1. The second kappa shape index (κ2) is 9.86. The normalized spacial score (nSPS) is 21.6. The number of benzene rings is 2. The van der Waals surface area contributed by atoms with Crippen molar-refractivity contribution in [1.82, 2.24) is 9.88 Å². The molecule has 0 radical (unpaired) electrons. The van der Waals surface area contributed by atoms with Gasteiger partial charge in [0.15, 0.2) is 0 Å². The number of hydrogen-bond acceptors (Lipinski definition) is 3. The number of allylic oxidation sites excluding steroid dienone is 2. The lowest BCUT2D eigenvalue weighted by atomic mass is 9.85. The molecule has 1 fully saturated rings. The van der Waals surface area contributed by atoms with Gasteiger partial charge in [0.25, 0.3) is 5.72 Å². The van der Waals surface area contributed by atoms with Crippen LogP contribution in [0, 0.1) is 0 Å². The van der Waals surface area contributed by atoms with E-state index in [1.807, 2.05) is 17.2 Å². The number of aromatic amines is 1. The Morgan fingerprint density at radius 3 is 2.69 bits per heavy atom. The fourth-order valence-electron chi connectivity index (χ4n) is 5.94. The van der Waals surface area contributed by atoms with Crippen LogP contribution in [-0.4, -0.2) is 66.3 Å². The second-order valence-corrected chi connectivity index (χ2v) is 10.1. The minimum absolute atomic E-state index is 0.545. The summed E-state index contributed by atoms with van der Waals surface area (Å²) in [6.07, 6.45) is 9.11. The molecule has 2 heterocycles. The molecule has 2 aromatic carbocycles. The minimum Gasteiger partial charge on any atom is -0.497 e. The lowest BCUT2D eigenvalue weighted by Gasteiger charge is -2.56. The molecule has 2 aliphatic rings. The number of methoxy groups -OCH3 is 1. The lowest BCUT2D eigenvalue weighted by Crippen LogP contribution is -2.73. The fourth-order valence-corrected chi connectivity index (χ4v) is 5.94. The van der Waals surface area contributed by atoms with Gasteiger partial charge in [0.1, 0.15) is 11.5 Å². The Labute approximate surface area is 213 Å². The van der Waals surface area contributed by atoms with Gasteiger partial charge >= 0.3 is 0 Å². The monoisotopic (exact) mass is 486 g/mol. The number of fused-ring (bicyclic) bond motifs is 1. The number of carbonyl (C=O) groups is 1. The first-order chi connectivity index (χ1) is 17.5. The highest BCUT2D eigenvalue weighted by Gasteiger charge is 2.56. The van der Waals surface area contributed by atoms with Gasteiger partial charge in [0.2, 0.25) is 6.41 Å². The zero-order chi connectivity index (χ0) is 25.2. The van der Waals surface area contributed by atoms with Crippen LogP contribution >= 0.6 is 0 Å². The van der Waals surface area contributed by atoms with E-state index in [4.69, 9.17) is 9.47 Å². The van der Waals surface area contributed by atoms with Crippen molar-refractivity contribution in [3.8, 4) is 11.5 Å². The number of H-pyrrole nitrogens is 1. The summed E-state index contributed by atoms with van der Waals surface area (Å²) >= 11 is 0. The molecule has 1 atom stereocenters. The molecule has 6 heteroatoms. The van der Waals surface area contributed by atoms with Gasteiger partial charge in [0, 0.05) is 29.1 Å². The maximum atomic E-state index is 11.6. The first-order valence-corrected chi connectivity index (χ1v) is 12.8. The lowest BCUT2D eigenvalue weighted by molar-refractivity contribution is -0.992. The third-order valence-corrected chi connectivity index (χ3v) is 8.26. The smallest absolute Gasteiger partial charge is 0.269 e. The van der Waals surface area contributed by atoms with Crippen molar-refractivity contribution in [3.63, 3.8) is 0 Å². The topological polar surface area (TPSA) is 54.6 Å². The largest absolute Gasteiger partial charge is 0.497 e. The Kier molecular flexibility index (Phi) is 6.63. The van der Waals surface area contributed by atoms with Crippen molar-refractivity contribution in [2.45, 2.75) is 32.4 Å². The van der Waals surface area contributed by atoms with Gasteiger partial charge in [-0.3, -0.25) is 9.28 Å². The molecule has 0 saturated carbocycles. The molecule has 5 rings (SSSR count). The number of quaternary nitrogens is 1. The summed E-state index contributed by atoms with van der Waals surface area (Å²) in [5, 5.41) is 1.14. The molecule has 3 aromatic rings. The van der Waals surface area contributed by atoms with Crippen LogP contribution in [0.5, 0.6) is 11.5 Å². The first kappa shape index (κ1) is 24.2. The molecule has 1 aliphatic heterocycles. The molecular formula is C30H36N3O3+. The van der Waals surface area contributed by atoms with E-state index in [0.717, 1.165) is 78.9 Å². The van der Waals surface area contributed by atoms with Gasteiger partial charge in [-0.2, -0.15) is 0 Å². The van der Waals surface area contributed by atoms with Crippen molar-refractivity contribution >= 4 is 17.3 Å². The highest BCUT2D eigenvalue weighted by Crippen LogP contribution is 2.43. The van der Waals surface area contributed by atoms with Gasteiger partial charge in [-0.05, 0) is 61.4 Å². The van der Waals surface area contributed by atoms with Crippen LogP contribution in [0.1, 0.15) is 25.8 Å². The minimum atomic E-state index is -0.545. The zero-order valence-corrected chi connectivity index (χ0v) is 21.5. The van der Waals surface area contributed by atoms with E-state index in [-0.39, 0.29) is 0 Å². The first-order valence-electron chi connectivity index (χ1n) is 12.8. The second-order valence-electron chi connectivity index (χ2n) is 10.1. The highest BCUT2D eigenvalue weighted by atomic mass is 16.5. The highest BCUT2D eigenvalue weighted by molar-refractivity contribution is 5.80. The number of nitrogens with zero attached hydrogens (tertiary/aromatic N) is 2. The van der Waals surface area contributed by atoms with Gasteiger partial charge in [-0.15, -0.1) is 0 Å². The van der Waals surface area contributed by atoms with Crippen molar-refractivity contribution in [1.29, 1.82) is 0 Å². The molecule has 1 amide bonds. The Bertz CT molecular complexity index is 1300. The Balaban J connectivity index is 1.56. The van der Waals surface area contributed by atoms with Gasteiger partial charge in [0.05, 0.1) is 46.3 Å². The summed E-state index contributed by atoms with van der Waals surface area (Å²) in [6, 6.07) is 16.7. The maximum absolute atomic E-state index is 11.6. The number of hydrogen-bond donors (Lipinski definition) is 1. The predicted octanol–water partition coefficient (Wildman–Crippen LogP) is 5.08. The van der Waals surface area contributed by atoms with Crippen molar-refractivity contribution < 1.29 is 18.8 Å². The predicted molar refractivity (Wildman–Crippen MR) is 143 cm³/mol. The van der Waals surface area contributed by atoms with E-state index in [2.05, 4.69) is 73.4 Å². The third-order valence-electron chi connectivity index (χ3n) is 8.26. The number of piperazine rings is 1. The van der Waals surface area contributed by atoms with Gasteiger partial charge in [-0.1, -0.05) is 24.3 Å². The van der Waals surface area contributed by atoms with Crippen LogP contribution in [0.4, 0.5) is 0 Å². The van der Waals surface area contributed by atoms with E-state index < -0.39 is 5.72 Å². The average Bonchev–Trinajstić information content (AvgIpc) is 3.38.